The molecule has 0 aliphatic carbocycles. The van der Waals surface area contributed by atoms with Gasteiger partial charge in [-0.3, -0.25) is 9.78 Å². The summed E-state index contributed by atoms with van der Waals surface area (Å²) in [5.74, 6) is 1.15. The maximum absolute atomic E-state index is 12.7. The van der Waals surface area contributed by atoms with E-state index in [0.717, 1.165) is 45.0 Å². The summed E-state index contributed by atoms with van der Waals surface area (Å²) in [6.07, 6.45) is 5.30. The molecule has 1 amide bonds. The zero-order valence-electron chi connectivity index (χ0n) is 16.4. The van der Waals surface area contributed by atoms with Gasteiger partial charge >= 0.3 is 0 Å². The molecule has 1 N–H and O–H groups in total. The summed E-state index contributed by atoms with van der Waals surface area (Å²) >= 11 is 0. The Morgan fingerprint density at radius 3 is 2.88 bits per heavy atom. The predicted octanol–water partition coefficient (Wildman–Crippen LogP) is 3.03. The van der Waals surface area contributed by atoms with Crippen LogP contribution in [0.5, 0.6) is 0 Å². The molecule has 3 rings (SSSR count). The van der Waals surface area contributed by atoms with Gasteiger partial charge in [0.15, 0.2) is 0 Å². The van der Waals surface area contributed by atoms with Crippen molar-refractivity contribution in [3.05, 3.63) is 30.1 Å². The van der Waals surface area contributed by atoms with Crippen LogP contribution in [0.1, 0.15) is 51.8 Å². The van der Waals surface area contributed by atoms with Crippen LogP contribution in [0.4, 0.5) is 0 Å². The van der Waals surface area contributed by atoms with E-state index in [1.807, 2.05) is 45.2 Å². The summed E-state index contributed by atoms with van der Waals surface area (Å²) in [6, 6.07) is 5.96. The van der Waals surface area contributed by atoms with Crippen molar-refractivity contribution in [2.75, 3.05) is 32.8 Å². The number of pyridine rings is 1. The first-order valence-corrected chi connectivity index (χ1v) is 9.95. The Bertz CT molecular complexity index is 579. The van der Waals surface area contributed by atoms with Gasteiger partial charge in [-0.15, -0.1) is 0 Å². The van der Waals surface area contributed by atoms with E-state index in [2.05, 4.69) is 15.2 Å². The summed E-state index contributed by atoms with van der Waals surface area (Å²) in [6.45, 7) is 11.0. The minimum Gasteiger partial charge on any atom is -0.381 e. The highest BCUT2D eigenvalue weighted by Gasteiger charge is 2.33. The number of carbonyl (C=O) groups excluding carboxylic acids is 1. The quantitative estimate of drug-likeness (QED) is 0.878. The zero-order chi connectivity index (χ0) is 18.6. The van der Waals surface area contributed by atoms with Crippen molar-refractivity contribution in [1.29, 1.82) is 0 Å². The van der Waals surface area contributed by atoms with Crippen molar-refractivity contribution >= 4 is 5.91 Å². The zero-order valence-corrected chi connectivity index (χ0v) is 16.4. The molecule has 5 heteroatoms. The van der Waals surface area contributed by atoms with Crippen LogP contribution in [0.15, 0.2) is 24.4 Å². The molecule has 2 aliphatic rings. The van der Waals surface area contributed by atoms with E-state index in [0.29, 0.717) is 11.8 Å². The minimum absolute atomic E-state index is 0.0226. The first kappa shape index (κ1) is 19.3. The number of carbonyl (C=O) groups is 1. The van der Waals surface area contributed by atoms with Gasteiger partial charge in [0.2, 0.25) is 5.91 Å². The average Bonchev–Trinajstić information content (AvgIpc) is 3.12. The van der Waals surface area contributed by atoms with Crippen LogP contribution in [0.25, 0.3) is 0 Å². The second-order valence-corrected chi connectivity index (χ2v) is 8.85. The number of nitrogens with zero attached hydrogens (tertiary/aromatic N) is 2. The van der Waals surface area contributed by atoms with Gasteiger partial charge in [-0.1, -0.05) is 26.8 Å². The van der Waals surface area contributed by atoms with Gasteiger partial charge in [-0.25, -0.2) is 0 Å². The van der Waals surface area contributed by atoms with Crippen molar-refractivity contribution in [2.45, 2.75) is 46.1 Å². The third-order valence-corrected chi connectivity index (χ3v) is 5.53. The van der Waals surface area contributed by atoms with Gasteiger partial charge in [0, 0.05) is 31.3 Å². The number of hydrogen-bond acceptors (Lipinski definition) is 4. The molecule has 0 aromatic carbocycles. The lowest BCUT2D eigenvalue weighted by molar-refractivity contribution is -0.130. The third-order valence-electron chi connectivity index (χ3n) is 5.53. The molecule has 5 nitrogen and oxygen atoms in total. The summed E-state index contributed by atoms with van der Waals surface area (Å²) in [5, 5.41) is 3.30. The topological polar surface area (TPSA) is 54.5 Å². The first-order valence-electron chi connectivity index (χ1n) is 9.95. The number of piperidine rings is 1. The van der Waals surface area contributed by atoms with Crippen LogP contribution < -0.4 is 5.32 Å². The van der Waals surface area contributed by atoms with Crippen molar-refractivity contribution in [2.24, 2.45) is 17.3 Å². The highest BCUT2D eigenvalue weighted by molar-refractivity contribution is 5.81. The Kier molecular flexibility index (Phi) is 6.30. The Hall–Kier alpha value is -1.46. The van der Waals surface area contributed by atoms with Crippen LogP contribution in [0.3, 0.4) is 0 Å². The van der Waals surface area contributed by atoms with E-state index in [4.69, 9.17) is 4.74 Å². The van der Waals surface area contributed by atoms with Crippen LogP contribution >= 0.6 is 0 Å². The van der Waals surface area contributed by atoms with E-state index in [1.165, 1.54) is 12.8 Å². The second kappa shape index (κ2) is 8.49. The Morgan fingerprint density at radius 2 is 2.23 bits per heavy atom. The molecule has 2 saturated heterocycles. The molecule has 2 fully saturated rings. The smallest absolute Gasteiger partial charge is 0.225 e. The van der Waals surface area contributed by atoms with E-state index in [-0.39, 0.29) is 11.9 Å². The van der Waals surface area contributed by atoms with E-state index >= 15 is 0 Å². The lowest BCUT2D eigenvalue weighted by Gasteiger charge is -2.38. The normalized spacial score (nSPS) is 25.8. The Morgan fingerprint density at radius 1 is 1.38 bits per heavy atom. The standard InChI is InChI=1S/C21H33N3O2/c1-21(2,3)20(25)23-19(18-8-4-5-10-22-18)17-7-6-11-24(14-17)13-16-9-12-26-15-16/h4-5,8,10,16-17,19H,6-7,9,11-15H2,1-3H3,(H,23,25)/t16-,17+,19+/m1/s1. The van der Waals surface area contributed by atoms with Gasteiger partial charge in [0.25, 0.3) is 0 Å². The molecule has 0 spiro atoms. The molecule has 3 atom stereocenters. The largest absolute Gasteiger partial charge is 0.381 e. The SMILES string of the molecule is CC(C)(C)C(=O)N[C@H](c1ccccn1)[C@H]1CCCN(C[C@H]2CCOC2)C1. The molecular weight excluding hydrogens is 326 g/mol. The van der Waals surface area contributed by atoms with Gasteiger partial charge in [-0.05, 0) is 49.8 Å². The number of ether oxygens (including phenoxy) is 1. The Balaban J connectivity index is 1.71. The number of nitrogens with one attached hydrogen (secondary N) is 1. The molecule has 3 heterocycles. The molecule has 2 aliphatic heterocycles. The third kappa shape index (κ3) is 5.04. The highest BCUT2D eigenvalue weighted by Crippen LogP contribution is 2.31. The molecular formula is C21H33N3O2. The molecule has 144 valence electrons. The highest BCUT2D eigenvalue weighted by atomic mass is 16.5. The van der Waals surface area contributed by atoms with E-state index < -0.39 is 5.41 Å². The molecule has 1 aromatic rings. The molecule has 26 heavy (non-hydrogen) atoms. The van der Waals surface area contributed by atoms with Crippen LogP contribution in [-0.2, 0) is 9.53 Å². The van der Waals surface area contributed by atoms with Gasteiger partial charge in [-0.2, -0.15) is 0 Å². The molecule has 0 radical (unpaired) electrons. The summed E-state index contributed by atoms with van der Waals surface area (Å²) < 4.78 is 5.54. The lowest BCUT2D eigenvalue weighted by atomic mass is 9.86. The number of hydrogen-bond donors (Lipinski definition) is 1. The summed E-state index contributed by atoms with van der Waals surface area (Å²) in [7, 11) is 0. The summed E-state index contributed by atoms with van der Waals surface area (Å²) in [5.41, 5.74) is 0.573. The first-order chi connectivity index (χ1) is 12.4. The number of aromatic nitrogens is 1. The van der Waals surface area contributed by atoms with Crippen LogP contribution in [0.2, 0.25) is 0 Å². The van der Waals surface area contributed by atoms with Crippen molar-refractivity contribution < 1.29 is 9.53 Å². The maximum atomic E-state index is 12.7. The predicted molar refractivity (Wildman–Crippen MR) is 103 cm³/mol. The van der Waals surface area contributed by atoms with Gasteiger partial charge in [0.1, 0.15) is 0 Å². The fraction of sp³-hybridized carbons (Fsp3) is 0.714. The molecule has 1 aromatic heterocycles. The van der Waals surface area contributed by atoms with Crippen LogP contribution in [-0.4, -0.2) is 48.6 Å². The monoisotopic (exact) mass is 359 g/mol. The molecule has 0 saturated carbocycles. The minimum atomic E-state index is -0.400. The number of likely N-dealkylation sites (tertiary alicyclic amines) is 1. The van der Waals surface area contributed by atoms with Crippen molar-refractivity contribution in [1.82, 2.24) is 15.2 Å². The Labute approximate surface area is 157 Å². The fourth-order valence-electron chi connectivity index (χ4n) is 3.97. The fourth-order valence-corrected chi connectivity index (χ4v) is 3.97. The number of amides is 1. The van der Waals surface area contributed by atoms with Crippen molar-refractivity contribution in [3.8, 4) is 0 Å². The molecule has 0 bridgehead atoms. The van der Waals surface area contributed by atoms with Gasteiger partial charge in [0.05, 0.1) is 18.3 Å². The maximum Gasteiger partial charge on any atom is 0.225 e. The second-order valence-electron chi connectivity index (χ2n) is 8.85. The summed E-state index contributed by atoms with van der Waals surface area (Å²) in [4.78, 5) is 19.8. The lowest BCUT2D eigenvalue weighted by Crippen LogP contribution is -2.46. The average molecular weight is 360 g/mol. The van der Waals surface area contributed by atoms with Gasteiger partial charge < -0.3 is 15.0 Å². The van der Waals surface area contributed by atoms with Crippen LogP contribution in [0, 0.1) is 17.3 Å². The van der Waals surface area contributed by atoms with E-state index in [9.17, 15) is 4.79 Å². The number of rotatable bonds is 5. The van der Waals surface area contributed by atoms with E-state index in [1.54, 1.807) is 0 Å². The molecule has 0 unspecified atom stereocenters. The van der Waals surface area contributed by atoms with Crippen molar-refractivity contribution in [3.63, 3.8) is 0 Å².